The third kappa shape index (κ3) is 61.4. The first-order valence-corrected chi connectivity index (χ1v) is 32.6. The topological polar surface area (TPSA) is 78.9 Å². The molecule has 0 aliphatic heterocycles. The Balaban J connectivity index is 4.21. The zero-order valence-electron chi connectivity index (χ0n) is 50.3. The second kappa shape index (κ2) is 64.1. The van der Waals surface area contributed by atoms with E-state index in [4.69, 9.17) is 14.2 Å². The van der Waals surface area contributed by atoms with Crippen molar-refractivity contribution in [3.8, 4) is 0 Å². The Morgan fingerprint density at radius 1 is 0.276 bits per heavy atom. The lowest BCUT2D eigenvalue weighted by molar-refractivity contribution is -0.167. The van der Waals surface area contributed by atoms with Gasteiger partial charge in [-0.25, -0.2) is 0 Å². The van der Waals surface area contributed by atoms with Crippen LogP contribution in [-0.2, 0) is 28.6 Å². The molecular weight excluding hydrogens is 937 g/mol. The van der Waals surface area contributed by atoms with Crippen molar-refractivity contribution in [2.75, 3.05) is 13.2 Å². The van der Waals surface area contributed by atoms with Gasteiger partial charge in [0.25, 0.3) is 0 Å². The zero-order valence-corrected chi connectivity index (χ0v) is 50.3. The molecule has 0 aromatic carbocycles. The molecule has 0 aliphatic rings. The van der Waals surface area contributed by atoms with Crippen LogP contribution in [-0.4, -0.2) is 37.2 Å². The van der Waals surface area contributed by atoms with Gasteiger partial charge in [-0.3, -0.25) is 14.4 Å². The highest BCUT2D eigenvalue weighted by Gasteiger charge is 2.19. The van der Waals surface area contributed by atoms with E-state index in [1.165, 1.54) is 173 Å². The van der Waals surface area contributed by atoms with E-state index in [1.54, 1.807) is 0 Å². The molecule has 1 unspecified atom stereocenters. The first-order valence-electron chi connectivity index (χ1n) is 32.6. The summed E-state index contributed by atoms with van der Waals surface area (Å²) in [5.74, 6) is -0.864. The predicted octanol–water partition coefficient (Wildman–Crippen LogP) is 22.3. The van der Waals surface area contributed by atoms with Crippen molar-refractivity contribution in [1.82, 2.24) is 0 Å². The Morgan fingerprint density at radius 2 is 0.513 bits per heavy atom. The van der Waals surface area contributed by atoms with Gasteiger partial charge in [0.1, 0.15) is 13.2 Å². The highest BCUT2D eigenvalue weighted by Crippen LogP contribution is 2.17. The van der Waals surface area contributed by atoms with Crippen molar-refractivity contribution in [2.24, 2.45) is 0 Å². The molecule has 76 heavy (non-hydrogen) atoms. The van der Waals surface area contributed by atoms with Crippen LogP contribution in [0.3, 0.4) is 0 Å². The number of esters is 3. The van der Waals surface area contributed by atoms with Gasteiger partial charge in [0.15, 0.2) is 6.10 Å². The van der Waals surface area contributed by atoms with E-state index in [-0.39, 0.29) is 31.1 Å². The number of allylic oxidation sites excluding steroid dienone is 14. The maximum atomic E-state index is 12.9. The maximum Gasteiger partial charge on any atom is 0.306 e. The van der Waals surface area contributed by atoms with Crippen LogP contribution < -0.4 is 0 Å². The number of hydrogen-bond acceptors (Lipinski definition) is 6. The Kier molecular flexibility index (Phi) is 61.2. The molecule has 0 aliphatic carbocycles. The van der Waals surface area contributed by atoms with Crippen molar-refractivity contribution in [3.05, 3.63) is 85.1 Å². The van der Waals surface area contributed by atoms with E-state index in [2.05, 4.69) is 106 Å². The summed E-state index contributed by atoms with van der Waals surface area (Å²) in [6.07, 6.45) is 84.5. The van der Waals surface area contributed by atoms with E-state index in [9.17, 15) is 14.4 Å². The molecule has 0 aromatic heterocycles. The molecule has 6 heteroatoms. The second-order valence-corrected chi connectivity index (χ2v) is 21.7. The largest absolute Gasteiger partial charge is 0.462 e. The van der Waals surface area contributed by atoms with E-state index in [0.717, 1.165) is 109 Å². The third-order valence-corrected chi connectivity index (χ3v) is 14.2. The van der Waals surface area contributed by atoms with Crippen LogP contribution in [0.25, 0.3) is 0 Å². The Morgan fingerprint density at radius 3 is 0.803 bits per heavy atom. The Hall–Kier alpha value is -3.41. The molecule has 0 saturated carbocycles. The summed E-state index contributed by atoms with van der Waals surface area (Å²) < 4.78 is 16.9. The molecule has 0 heterocycles. The normalized spacial score (nSPS) is 12.6. The number of ether oxygens (including phenoxy) is 3. The van der Waals surface area contributed by atoms with Gasteiger partial charge in [-0.1, -0.05) is 311 Å². The maximum absolute atomic E-state index is 12.9. The summed E-state index contributed by atoms with van der Waals surface area (Å²) in [4.78, 5) is 38.2. The number of hydrogen-bond donors (Lipinski definition) is 0. The van der Waals surface area contributed by atoms with Crippen LogP contribution in [0.2, 0.25) is 0 Å². The van der Waals surface area contributed by atoms with Gasteiger partial charge >= 0.3 is 17.9 Å². The minimum Gasteiger partial charge on any atom is -0.462 e. The molecule has 438 valence electrons. The molecular formula is C70H122O6. The van der Waals surface area contributed by atoms with Crippen molar-refractivity contribution in [3.63, 3.8) is 0 Å². The molecule has 0 rings (SSSR count). The molecule has 1 atom stereocenters. The molecule has 0 N–H and O–H groups in total. The summed E-state index contributed by atoms with van der Waals surface area (Å²) in [6, 6.07) is 0. The molecule has 0 radical (unpaired) electrons. The Bertz CT molecular complexity index is 1450. The lowest BCUT2D eigenvalue weighted by Gasteiger charge is -2.18. The lowest BCUT2D eigenvalue weighted by Crippen LogP contribution is -2.30. The van der Waals surface area contributed by atoms with E-state index in [0.29, 0.717) is 19.3 Å². The highest BCUT2D eigenvalue weighted by atomic mass is 16.6. The fourth-order valence-corrected chi connectivity index (χ4v) is 9.31. The van der Waals surface area contributed by atoms with Gasteiger partial charge in [-0.15, -0.1) is 0 Å². The minimum absolute atomic E-state index is 0.0728. The smallest absolute Gasteiger partial charge is 0.306 e. The quantitative estimate of drug-likeness (QED) is 0.0261. The predicted molar refractivity (Wildman–Crippen MR) is 330 cm³/mol. The van der Waals surface area contributed by atoms with Crippen molar-refractivity contribution < 1.29 is 28.6 Å². The summed E-state index contributed by atoms with van der Waals surface area (Å²) >= 11 is 0. The van der Waals surface area contributed by atoms with Crippen molar-refractivity contribution in [1.29, 1.82) is 0 Å². The fraction of sp³-hybridized carbons (Fsp3) is 0.757. The molecule has 0 saturated heterocycles. The van der Waals surface area contributed by atoms with Crippen LogP contribution in [0, 0.1) is 0 Å². The molecule has 6 nitrogen and oxygen atoms in total. The third-order valence-electron chi connectivity index (χ3n) is 14.2. The molecule has 0 spiro atoms. The summed E-state index contributed by atoms with van der Waals surface area (Å²) in [5, 5.41) is 0. The molecule has 0 bridgehead atoms. The lowest BCUT2D eigenvalue weighted by atomic mass is 10.0. The second-order valence-electron chi connectivity index (χ2n) is 21.7. The van der Waals surface area contributed by atoms with Crippen LogP contribution in [0.15, 0.2) is 85.1 Å². The minimum atomic E-state index is -0.775. The number of unbranched alkanes of at least 4 members (excludes halogenated alkanes) is 34. The van der Waals surface area contributed by atoms with Gasteiger partial charge in [-0.05, 0) is 77.0 Å². The van der Waals surface area contributed by atoms with Gasteiger partial charge < -0.3 is 14.2 Å². The van der Waals surface area contributed by atoms with Crippen molar-refractivity contribution in [2.45, 2.75) is 329 Å². The van der Waals surface area contributed by atoms with Gasteiger partial charge in [0.2, 0.25) is 0 Å². The van der Waals surface area contributed by atoms with E-state index in [1.807, 2.05) is 0 Å². The van der Waals surface area contributed by atoms with Crippen LogP contribution in [0.5, 0.6) is 0 Å². The average Bonchev–Trinajstić information content (AvgIpc) is 3.42. The Labute approximate surface area is 471 Å². The van der Waals surface area contributed by atoms with E-state index >= 15 is 0 Å². The van der Waals surface area contributed by atoms with Crippen molar-refractivity contribution >= 4 is 17.9 Å². The monoisotopic (exact) mass is 1060 g/mol. The fourth-order valence-electron chi connectivity index (χ4n) is 9.31. The number of rotatable bonds is 59. The summed E-state index contributed by atoms with van der Waals surface area (Å²) in [5.41, 5.74) is 0. The van der Waals surface area contributed by atoms with Crippen LogP contribution >= 0.6 is 0 Å². The number of carbonyl (C=O) groups excluding carboxylic acids is 3. The summed E-state index contributed by atoms with van der Waals surface area (Å²) in [6.45, 7) is 6.55. The first-order chi connectivity index (χ1) is 37.5. The molecule has 0 aromatic rings. The highest BCUT2D eigenvalue weighted by molar-refractivity contribution is 5.71. The van der Waals surface area contributed by atoms with Gasteiger partial charge in [0, 0.05) is 19.3 Å². The van der Waals surface area contributed by atoms with Gasteiger partial charge in [-0.2, -0.15) is 0 Å². The standard InChI is InChI=1S/C70H122O6/c1-4-7-10-13-16-19-22-24-26-28-29-30-31-32-33-34-35-36-37-38-39-40-41-42-44-45-48-51-54-57-60-63-69(72)75-66-67(65-74-68(71)62-59-56-53-50-47-21-18-15-12-9-6-3)76-70(73)64-61-58-55-52-49-46-43-27-25-23-20-17-14-11-8-5-2/h7,10,16,19,24,26,29-30,32-33,35-36,38-39,67H,4-6,8-9,11-15,17-18,20-23,25,27-28,31,34,37,40-66H2,1-3H3/b10-7-,19-16-,26-24-,30-29-,33-32-,36-35-,39-38-. The van der Waals surface area contributed by atoms with Crippen LogP contribution in [0.1, 0.15) is 323 Å². The summed E-state index contributed by atoms with van der Waals surface area (Å²) in [7, 11) is 0. The SMILES string of the molecule is CC/C=C\C/C=C\C/C=C\C/C=C\C/C=C\C/C=C\C/C=C\CCCCCCCCCCCC(=O)OCC(COC(=O)CCCCCCCCCCCCC)OC(=O)CCCCCCCCCCCCCCCCCC. The molecule has 0 fully saturated rings. The first kappa shape index (κ1) is 72.6. The van der Waals surface area contributed by atoms with Crippen LogP contribution in [0.4, 0.5) is 0 Å². The molecule has 0 amide bonds. The zero-order chi connectivity index (χ0) is 55.0. The van der Waals surface area contributed by atoms with E-state index < -0.39 is 6.10 Å². The van der Waals surface area contributed by atoms with Gasteiger partial charge in [0.05, 0.1) is 0 Å². The number of carbonyl (C=O) groups is 3. The average molecular weight is 1060 g/mol.